The van der Waals surface area contributed by atoms with Gasteiger partial charge in [-0.05, 0) is 42.5 Å². The molecule has 0 aliphatic heterocycles. The van der Waals surface area contributed by atoms with E-state index in [4.69, 9.17) is 0 Å². The lowest BCUT2D eigenvalue weighted by Gasteiger charge is -2.12. The Kier molecular flexibility index (Phi) is 6.53. The third-order valence-corrected chi connectivity index (χ3v) is 5.37. The molecule has 0 saturated heterocycles. The predicted octanol–water partition coefficient (Wildman–Crippen LogP) is 2.67. The standard InChI is InChI=1S/C20H19FN4O3S/c21-15-6-4-7-16(14-15)25-19-18(10-5-11-22-19)20(26)23-12-13-24-29(27,28)17-8-2-1-3-9-17/h1-11,14,24H,12-13H2,(H,22,25)(H,23,26). The van der Waals surface area contributed by atoms with Crippen LogP contribution in [0.3, 0.4) is 0 Å². The molecule has 3 N–H and O–H groups in total. The van der Waals surface area contributed by atoms with Gasteiger partial charge in [-0.25, -0.2) is 22.5 Å². The van der Waals surface area contributed by atoms with E-state index in [2.05, 4.69) is 20.3 Å². The minimum atomic E-state index is -3.64. The Hall–Kier alpha value is -3.30. The SMILES string of the molecule is O=C(NCCNS(=O)(=O)c1ccccc1)c1cccnc1Nc1cccc(F)c1. The summed E-state index contributed by atoms with van der Waals surface area (Å²) in [6, 6.07) is 16.9. The van der Waals surface area contributed by atoms with E-state index >= 15 is 0 Å². The number of rotatable bonds is 8. The van der Waals surface area contributed by atoms with Crippen molar-refractivity contribution < 1.29 is 17.6 Å². The quantitative estimate of drug-likeness (QED) is 0.492. The van der Waals surface area contributed by atoms with Crippen molar-refractivity contribution in [2.75, 3.05) is 18.4 Å². The minimum Gasteiger partial charge on any atom is -0.351 e. The minimum absolute atomic E-state index is 0.0237. The highest BCUT2D eigenvalue weighted by Crippen LogP contribution is 2.19. The van der Waals surface area contributed by atoms with Gasteiger partial charge >= 0.3 is 0 Å². The van der Waals surface area contributed by atoms with Crippen molar-refractivity contribution in [1.29, 1.82) is 0 Å². The lowest BCUT2D eigenvalue weighted by atomic mass is 10.2. The first-order chi connectivity index (χ1) is 14.0. The van der Waals surface area contributed by atoms with Crippen LogP contribution < -0.4 is 15.4 Å². The van der Waals surface area contributed by atoms with Gasteiger partial charge in [0.05, 0.1) is 10.5 Å². The lowest BCUT2D eigenvalue weighted by Crippen LogP contribution is -2.35. The van der Waals surface area contributed by atoms with Crippen LogP contribution in [0.25, 0.3) is 0 Å². The highest BCUT2D eigenvalue weighted by Gasteiger charge is 2.14. The molecule has 0 aliphatic rings. The van der Waals surface area contributed by atoms with Crippen LogP contribution in [-0.2, 0) is 10.0 Å². The first-order valence-corrected chi connectivity index (χ1v) is 10.2. The second-order valence-electron chi connectivity index (χ2n) is 6.00. The molecule has 0 fully saturated rings. The van der Waals surface area contributed by atoms with E-state index in [0.29, 0.717) is 5.69 Å². The number of nitrogens with zero attached hydrogens (tertiary/aromatic N) is 1. The summed E-state index contributed by atoms with van der Waals surface area (Å²) in [5, 5.41) is 5.55. The average Bonchev–Trinajstić information content (AvgIpc) is 2.72. The number of pyridine rings is 1. The molecule has 0 atom stereocenters. The average molecular weight is 414 g/mol. The van der Waals surface area contributed by atoms with Crippen LogP contribution in [0.2, 0.25) is 0 Å². The summed E-state index contributed by atoms with van der Waals surface area (Å²) in [5.74, 6) is -0.584. The van der Waals surface area contributed by atoms with E-state index < -0.39 is 21.7 Å². The number of sulfonamides is 1. The number of aromatic nitrogens is 1. The third kappa shape index (κ3) is 5.59. The van der Waals surface area contributed by atoms with Gasteiger partial charge in [0.2, 0.25) is 10.0 Å². The molecule has 3 aromatic rings. The molecular weight excluding hydrogens is 395 g/mol. The van der Waals surface area contributed by atoms with Crippen molar-refractivity contribution in [3.8, 4) is 0 Å². The van der Waals surface area contributed by atoms with Gasteiger partial charge in [-0.1, -0.05) is 24.3 Å². The first kappa shape index (κ1) is 20.4. The molecule has 0 saturated carbocycles. The number of benzene rings is 2. The Bertz CT molecular complexity index is 1090. The fourth-order valence-electron chi connectivity index (χ4n) is 2.53. The molecule has 150 valence electrons. The zero-order valence-electron chi connectivity index (χ0n) is 15.3. The number of carbonyl (C=O) groups is 1. The molecule has 0 unspecified atom stereocenters. The molecule has 0 spiro atoms. The van der Waals surface area contributed by atoms with Crippen molar-refractivity contribution in [1.82, 2.24) is 15.0 Å². The van der Waals surface area contributed by atoms with Gasteiger partial charge in [0.1, 0.15) is 11.6 Å². The fourth-order valence-corrected chi connectivity index (χ4v) is 3.58. The van der Waals surface area contributed by atoms with Crippen LogP contribution in [0.15, 0.2) is 77.8 Å². The maximum absolute atomic E-state index is 13.4. The summed E-state index contributed by atoms with van der Waals surface area (Å²) in [6.07, 6.45) is 1.51. The summed E-state index contributed by atoms with van der Waals surface area (Å²) in [6.45, 7) is 0.106. The number of hydrogen-bond acceptors (Lipinski definition) is 5. The van der Waals surface area contributed by atoms with Gasteiger partial charge in [0, 0.05) is 25.0 Å². The van der Waals surface area contributed by atoms with Gasteiger partial charge in [-0.2, -0.15) is 0 Å². The smallest absolute Gasteiger partial charge is 0.255 e. The van der Waals surface area contributed by atoms with E-state index in [1.54, 1.807) is 42.5 Å². The Morgan fingerprint density at radius 1 is 0.966 bits per heavy atom. The second kappa shape index (κ2) is 9.26. The van der Waals surface area contributed by atoms with Gasteiger partial charge in [-0.3, -0.25) is 4.79 Å². The summed E-state index contributed by atoms with van der Waals surface area (Å²) < 4.78 is 40.1. The molecule has 0 radical (unpaired) electrons. The Morgan fingerprint density at radius 2 is 1.76 bits per heavy atom. The molecule has 0 bridgehead atoms. The zero-order chi connectivity index (χ0) is 20.7. The third-order valence-electron chi connectivity index (χ3n) is 3.90. The fraction of sp³-hybridized carbons (Fsp3) is 0.100. The summed E-state index contributed by atoms with van der Waals surface area (Å²) in [5.41, 5.74) is 0.705. The molecule has 2 aromatic carbocycles. The van der Waals surface area contributed by atoms with Gasteiger partial charge < -0.3 is 10.6 Å². The van der Waals surface area contributed by atoms with E-state index in [1.165, 1.54) is 30.5 Å². The maximum atomic E-state index is 13.4. The van der Waals surface area contributed by atoms with Gasteiger partial charge in [0.25, 0.3) is 5.91 Å². The van der Waals surface area contributed by atoms with Crippen LogP contribution in [0.4, 0.5) is 15.9 Å². The molecule has 1 aromatic heterocycles. The van der Waals surface area contributed by atoms with Crippen molar-refractivity contribution >= 4 is 27.4 Å². The topological polar surface area (TPSA) is 100 Å². The molecule has 1 amide bonds. The molecule has 29 heavy (non-hydrogen) atoms. The van der Waals surface area contributed by atoms with Crippen LogP contribution in [0, 0.1) is 5.82 Å². The molecule has 7 nitrogen and oxygen atoms in total. The normalized spacial score (nSPS) is 11.1. The number of anilines is 2. The van der Waals surface area contributed by atoms with Crippen molar-refractivity contribution in [3.63, 3.8) is 0 Å². The van der Waals surface area contributed by atoms with Crippen LogP contribution in [0.1, 0.15) is 10.4 Å². The number of hydrogen-bond donors (Lipinski definition) is 3. The lowest BCUT2D eigenvalue weighted by molar-refractivity contribution is 0.0955. The van der Waals surface area contributed by atoms with Crippen molar-refractivity contribution in [3.05, 3.63) is 84.3 Å². The van der Waals surface area contributed by atoms with E-state index in [0.717, 1.165) is 0 Å². The van der Waals surface area contributed by atoms with E-state index in [1.807, 2.05) is 0 Å². The Morgan fingerprint density at radius 3 is 2.52 bits per heavy atom. The largest absolute Gasteiger partial charge is 0.351 e. The monoisotopic (exact) mass is 414 g/mol. The second-order valence-corrected chi connectivity index (χ2v) is 7.77. The van der Waals surface area contributed by atoms with Crippen LogP contribution in [-0.4, -0.2) is 32.4 Å². The predicted molar refractivity (Wildman–Crippen MR) is 108 cm³/mol. The number of carbonyl (C=O) groups excluding carboxylic acids is 1. The van der Waals surface area contributed by atoms with Crippen molar-refractivity contribution in [2.24, 2.45) is 0 Å². The zero-order valence-corrected chi connectivity index (χ0v) is 16.1. The number of halogens is 1. The van der Waals surface area contributed by atoms with Crippen molar-refractivity contribution in [2.45, 2.75) is 4.90 Å². The molecule has 0 aliphatic carbocycles. The summed E-state index contributed by atoms with van der Waals surface area (Å²) >= 11 is 0. The van der Waals surface area contributed by atoms with Crippen LogP contribution in [0.5, 0.6) is 0 Å². The first-order valence-electron chi connectivity index (χ1n) is 8.76. The highest BCUT2D eigenvalue weighted by molar-refractivity contribution is 7.89. The van der Waals surface area contributed by atoms with E-state index in [9.17, 15) is 17.6 Å². The molecule has 3 rings (SSSR count). The number of amides is 1. The molecular formula is C20H19FN4O3S. The Balaban J connectivity index is 1.59. The number of nitrogens with one attached hydrogen (secondary N) is 3. The maximum Gasteiger partial charge on any atom is 0.255 e. The summed E-state index contributed by atoms with van der Waals surface area (Å²) in [4.78, 5) is 16.8. The Labute approximate surface area is 168 Å². The summed E-state index contributed by atoms with van der Waals surface area (Å²) in [7, 11) is -3.64. The van der Waals surface area contributed by atoms with Crippen LogP contribution >= 0.6 is 0 Å². The molecule has 1 heterocycles. The van der Waals surface area contributed by atoms with Gasteiger partial charge in [0.15, 0.2) is 0 Å². The van der Waals surface area contributed by atoms with E-state index in [-0.39, 0.29) is 29.4 Å². The highest BCUT2D eigenvalue weighted by atomic mass is 32.2. The molecule has 9 heteroatoms. The van der Waals surface area contributed by atoms with Gasteiger partial charge in [-0.15, -0.1) is 0 Å².